The Bertz CT molecular complexity index is 385. The molecule has 0 unspecified atom stereocenters. The Labute approximate surface area is 98.0 Å². The second kappa shape index (κ2) is 5.74. The molecule has 16 heavy (non-hydrogen) atoms. The highest BCUT2D eigenvalue weighted by atomic mass is 16.5. The van der Waals surface area contributed by atoms with Crippen molar-refractivity contribution in [2.45, 2.75) is 0 Å². The normalized spacial score (nSPS) is 16.5. The van der Waals surface area contributed by atoms with Gasteiger partial charge in [-0.2, -0.15) is 0 Å². The molecule has 1 heterocycles. The van der Waals surface area contributed by atoms with E-state index in [1.54, 1.807) is 0 Å². The molecule has 1 aromatic rings. The van der Waals surface area contributed by atoms with Crippen molar-refractivity contribution in [3.05, 3.63) is 29.8 Å². The largest absolute Gasteiger partial charge is 0.379 e. The molecule has 0 bridgehead atoms. The third-order valence-corrected chi connectivity index (χ3v) is 2.69. The molecule has 3 heteroatoms. The van der Waals surface area contributed by atoms with Gasteiger partial charge < -0.3 is 4.74 Å². The van der Waals surface area contributed by atoms with Gasteiger partial charge in [0.15, 0.2) is 0 Å². The first-order valence-electron chi connectivity index (χ1n) is 5.70. The van der Waals surface area contributed by atoms with Gasteiger partial charge in [0.1, 0.15) is 7.85 Å². The Hall–Kier alpha value is -1.24. The van der Waals surface area contributed by atoms with Gasteiger partial charge in [-0.25, -0.2) is 0 Å². The summed E-state index contributed by atoms with van der Waals surface area (Å²) in [7, 11) is 2.09. The van der Waals surface area contributed by atoms with E-state index in [2.05, 4.69) is 48.9 Å². The van der Waals surface area contributed by atoms with E-state index in [0.717, 1.165) is 38.4 Å². The van der Waals surface area contributed by atoms with Crippen LogP contribution in [0.4, 0.5) is 0 Å². The van der Waals surface area contributed by atoms with E-state index in [9.17, 15) is 0 Å². The van der Waals surface area contributed by atoms with Crippen molar-refractivity contribution >= 4 is 13.3 Å². The quantitative estimate of drug-likeness (QED) is 0.466. The topological polar surface area (TPSA) is 12.5 Å². The van der Waals surface area contributed by atoms with Gasteiger partial charge in [0.2, 0.25) is 0 Å². The van der Waals surface area contributed by atoms with Gasteiger partial charge in [-0.15, -0.1) is 0 Å². The van der Waals surface area contributed by atoms with E-state index in [1.165, 1.54) is 5.46 Å². The standard InChI is InChI=1S/C13H16BNO/c14-13-5-3-12(4-6-13)2-1-7-15-8-10-16-11-9-15/h3-6H,7-11,14H2. The molecule has 0 saturated carbocycles. The third kappa shape index (κ3) is 3.41. The highest BCUT2D eigenvalue weighted by molar-refractivity contribution is 6.32. The molecular formula is C13H16BNO. The predicted octanol–water partition coefficient (Wildman–Crippen LogP) is -0.371. The molecule has 82 valence electrons. The van der Waals surface area contributed by atoms with Crippen molar-refractivity contribution in [3.8, 4) is 11.8 Å². The van der Waals surface area contributed by atoms with E-state index in [4.69, 9.17) is 4.74 Å². The minimum atomic E-state index is 0.839. The molecule has 1 aromatic carbocycles. The molecular weight excluding hydrogens is 197 g/mol. The highest BCUT2D eigenvalue weighted by Gasteiger charge is 2.07. The number of benzene rings is 1. The highest BCUT2D eigenvalue weighted by Crippen LogP contribution is 1.96. The maximum Gasteiger partial charge on any atom is 0.139 e. The van der Waals surface area contributed by atoms with Crippen LogP contribution in [0.2, 0.25) is 0 Å². The molecule has 2 nitrogen and oxygen atoms in total. The van der Waals surface area contributed by atoms with Crippen molar-refractivity contribution in [1.29, 1.82) is 0 Å². The number of hydrogen-bond acceptors (Lipinski definition) is 2. The van der Waals surface area contributed by atoms with Crippen molar-refractivity contribution < 1.29 is 4.74 Å². The van der Waals surface area contributed by atoms with Crippen LogP contribution in [0.5, 0.6) is 0 Å². The van der Waals surface area contributed by atoms with Crippen LogP contribution in [-0.2, 0) is 4.74 Å². The summed E-state index contributed by atoms with van der Waals surface area (Å²) in [6.45, 7) is 4.53. The van der Waals surface area contributed by atoms with Crippen LogP contribution in [-0.4, -0.2) is 45.6 Å². The van der Waals surface area contributed by atoms with Crippen molar-refractivity contribution in [2.24, 2.45) is 0 Å². The van der Waals surface area contributed by atoms with E-state index in [-0.39, 0.29) is 0 Å². The zero-order valence-electron chi connectivity index (χ0n) is 9.70. The van der Waals surface area contributed by atoms with Crippen LogP contribution >= 0.6 is 0 Å². The number of hydrogen-bond donors (Lipinski definition) is 0. The molecule has 2 rings (SSSR count). The van der Waals surface area contributed by atoms with Crippen LogP contribution in [0.3, 0.4) is 0 Å². The van der Waals surface area contributed by atoms with Crippen LogP contribution in [0.25, 0.3) is 0 Å². The lowest BCUT2D eigenvalue weighted by atomic mass is 9.95. The minimum absolute atomic E-state index is 0.839. The fraction of sp³-hybridized carbons (Fsp3) is 0.385. The fourth-order valence-corrected chi connectivity index (χ4v) is 1.65. The molecule has 1 aliphatic heterocycles. The third-order valence-electron chi connectivity index (χ3n) is 2.69. The Morgan fingerprint density at radius 1 is 1.19 bits per heavy atom. The first-order valence-corrected chi connectivity index (χ1v) is 5.70. The monoisotopic (exact) mass is 213 g/mol. The predicted molar refractivity (Wildman–Crippen MR) is 68.8 cm³/mol. The number of morpholine rings is 1. The average molecular weight is 213 g/mol. The molecule has 0 spiro atoms. The van der Waals surface area contributed by atoms with Crippen LogP contribution in [0.15, 0.2) is 24.3 Å². The lowest BCUT2D eigenvalue weighted by Crippen LogP contribution is -2.36. The minimum Gasteiger partial charge on any atom is -0.379 e. The van der Waals surface area contributed by atoms with Gasteiger partial charge in [-0.05, 0) is 12.1 Å². The second-order valence-corrected chi connectivity index (χ2v) is 4.06. The number of ether oxygens (including phenoxy) is 1. The maximum atomic E-state index is 5.29. The molecule has 0 radical (unpaired) electrons. The van der Waals surface area contributed by atoms with E-state index < -0.39 is 0 Å². The number of rotatable bonds is 1. The summed E-state index contributed by atoms with van der Waals surface area (Å²) in [6, 6.07) is 8.33. The van der Waals surface area contributed by atoms with E-state index in [0.29, 0.717) is 0 Å². The molecule has 1 saturated heterocycles. The lowest BCUT2D eigenvalue weighted by molar-refractivity contribution is 0.0443. The Kier molecular flexibility index (Phi) is 4.04. The van der Waals surface area contributed by atoms with Crippen LogP contribution in [0.1, 0.15) is 5.56 Å². The molecule has 0 aromatic heterocycles. The smallest absolute Gasteiger partial charge is 0.139 e. The Balaban J connectivity index is 1.87. The van der Waals surface area contributed by atoms with Gasteiger partial charge in [-0.3, -0.25) is 4.90 Å². The maximum absolute atomic E-state index is 5.29. The molecule has 1 aliphatic rings. The molecule has 0 N–H and O–H groups in total. The fourth-order valence-electron chi connectivity index (χ4n) is 1.65. The van der Waals surface area contributed by atoms with Crippen molar-refractivity contribution in [3.63, 3.8) is 0 Å². The van der Waals surface area contributed by atoms with Crippen LogP contribution in [0, 0.1) is 11.8 Å². The zero-order chi connectivity index (χ0) is 11.2. The first-order chi connectivity index (χ1) is 7.84. The van der Waals surface area contributed by atoms with Crippen molar-refractivity contribution in [2.75, 3.05) is 32.8 Å². The summed E-state index contributed by atoms with van der Waals surface area (Å²) >= 11 is 0. The molecule has 0 atom stereocenters. The van der Waals surface area contributed by atoms with Crippen molar-refractivity contribution in [1.82, 2.24) is 4.90 Å². The lowest BCUT2D eigenvalue weighted by Gasteiger charge is -2.24. The average Bonchev–Trinajstić information content (AvgIpc) is 2.33. The first kappa shape index (κ1) is 11.3. The second-order valence-electron chi connectivity index (χ2n) is 4.06. The summed E-state index contributed by atoms with van der Waals surface area (Å²) in [5.41, 5.74) is 2.37. The summed E-state index contributed by atoms with van der Waals surface area (Å²) in [6.07, 6.45) is 0. The summed E-state index contributed by atoms with van der Waals surface area (Å²) in [4.78, 5) is 2.32. The molecule has 0 amide bonds. The molecule has 0 aliphatic carbocycles. The van der Waals surface area contributed by atoms with Gasteiger partial charge in [0.25, 0.3) is 0 Å². The van der Waals surface area contributed by atoms with Gasteiger partial charge in [0.05, 0.1) is 19.8 Å². The summed E-state index contributed by atoms with van der Waals surface area (Å²) in [5, 5.41) is 0. The van der Waals surface area contributed by atoms with E-state index in [1.807, 2.05) is 0 Å². The van der Waals surface area contributed by atoms with Crippen LogP contribution < -0.4 is 5.46 Å². The number of nitrogens with zero attached hydrogens (tertiary/aromatic N) is 1. The zero-order valence-corrected chi connectivity index (χ0v) is 9.70. The van der Waals surface area contributed by atoms with Gasteiger partial charge >= 0.3 is 0 Å². The van der Waals surface area contributed by atoms with E-state index >= 15 is 0 Å². The Morgan fingerprint density at radius 3 is 2.56 bits per heavy atom. The Morgan fingerprint density at radius 2 is 1.88 bits per heavy atom. The summed E-state index contributed by atoms with van der Waals surface area (Å²) < 4.78 is 5.29. The molecule has 1 fully saturated rings. The van der Waals surface area contributed by atoms with Gasteiger partial charge in [0, 0.05) is 18.7 Å². The van der Waals surface area contributed by atoms with Gasteiger partial charge in [-0.1, -0.05) is 29.4 Å². The summed E-state index contributed by atoms with van der Waals surface area (Å²) in [5.74, 6) is 6.40. The SMILES string of the molecule is Bc1ccc(C#CCN2CCOCC2)cc1.